The van der Waals surface area contributed by atoms with E-state index < -0.39 is 82.9 Å². The van der Waals surface area contributed by atoms with Gasteiger partial charge in [-0.3, -0.25) is 24.4 Å². The number of phenolic OH excluding ortho intramolecular Hbond substituents is 2. The van der Waals surface area contributed by atoms with Crippen molar-refractivity contribution in [1.82, 2.24) is 4.90 Å². The highest BCUT2D eigenvalue weighted by Gasteiger charge is 2.50. The first-order chi connectivity index (χ1) is 29.1. The van der Waals surface area contributed by atoms with Gasteiger partial charge in [-0.2, -0.15) is 0 Å². The Hall–Kier alpha value is -4.83. The Morgan fingerprint density at radius 1 is 0.935 bits per heavy atom. The lowest BCUT2D eigenvalue weighted by atomic mass is 9.78. The number of hydrogen-bond acceptors (Lipinski definition) is 14. The van der Waals surface area contributed by atoms with Gasteiger partial charge in [0.15, 0.2) is 11.4 Å². The molecule has 0 aliphatic carbocycles. The fraction of sp³-hybridized carbons (Fsp3) is 0.596. The summed E-state index contributed by atoms with van der Waals surface area (Å²) in [5, 5.41) is 50.3. The number of carbonyl (C=O) groups excluding carboxylic acids is 3. The molecule has 0 aromatic heterocycles. The lowest BCUT2D eigenvalue weighted by Crippen LogP contribution is -2.47. The lowest BCUT2D eigenvalue weighted by molar-refractivity contribution is -0.160. The van der Waals surface area contributed by atoms with Crippen molar-refractivity contribution in [3.63, 3.8) is 0 Å². The van der Waals surface area contributed by atoms with Crippen molar-refractivity contribution >= 4 is 34.1 Å². The number of aliphatic hydroxyl groups excluding tert-OH is 2. The van der Waals surface area contributed by atoms with Crippen molar-refractivity contribution in [1.29, 1.82) is 0 Å². The van der Waals surface area contributed by atoms with Gasteiger partial charge in [0.2, 0.25) is 0 Å². The maximum Gasteiger partial charge on any atom is 0.312 e. The SMILES string of the molecule is CO[C@H]1/C=C/O[C@@]2(C)Oc3c(C)c(O)c4c(O)c(c5c(c4c3C2=O)=NC2(CCN(C(C)C(C)C)CC2)N=5)NC(=O)/C(C)=C\C=C\[C@H](C)[C@H](O)[C@@H](C)[C@@H](O)[C@@H](C)[C@H](OC(C)=O)[C@@H]1C. The molecule has 4 heterocycles. The smallest absolute Gasteiger partial charge is 0.312 e. The highest BCUT2D eigenvalue weighted by atomic mass is 16.7. The molecule has 2 aromatic rings. The normalized spacial score (nSPS) is 32.9. The van der Waals surface area contributed by atoms with Crippen molar-refractivity contribution in [3.05, 3.63) is 58.0 Å². The second kappa shape index (κ2) is 17.7. The molecular weight excluding hydrogens is 797 g/mol. The number of benzene rings is 2. The number of rotatable bonds is 4. The van der Waals surface area contributed by atoms with E-state index >= 15 is 0 Å². The van der Waals surface area contributed by atoms with Gasteiger partial charge in [-0.25, -0.2) is 0 Å². The monoisotopic (exact) mass is 860 g/mol. The molecule has 4 bridgehead atoms. The van der Waals surface area contributed by atoms with E-state index in [1.165, 1.54) is 27.2 Å². The van der Waals surface area contributed by atoms with E-state index in [0.717, 1.165) is 0 Å². The number of likely N-dealkylation sites (tertiary alicyclic amines) is 1. The fourth-order valence-electron chi connectivity index (χ4n) is 9.30. The van der Waals surface area contributed by atoms with E-state index in [-0.39, 0.29) is 55.4 Å². The number of ketones is 1. The van der Waals surface area contributed by atoms with Gasteiger partial charge < -0.3 is 49.6 Å². The third-order valence-corrected chi connectivity index (χ3v) is 13.7. The predicted octanol–water partition coefficient (Wildman–Crippen LogP) is 5.14. The third kappa shape index (κ3) is 8.36. The number of aromatic hydroxyl groups is 2. The van der Waals surface area contributed by atoms with Crippen LogP contribution in [0, 0.1) is 36.5 Å². The zero-order valence-electron chi connectivity index (χ0n) is 38.0. The van der Waals surface area contributed by atoms with Crippen molar-refractivity contribution in [2.24, 2.45) is 39.6 Å². The van der Waals surface area contributed by atoms with Crippen molar-refractivity contribution in [2.45, 2.75) is 131 Å². The number of carbonyl (C=O) groups is 3. The Balaban J connectivity index is 1.54. The van der Waals surface area contributed by atoms with Crippen molar-refractivity contribution < 1.29 is 53.8 Å². The number of nitrogens with zero attached hydrogens (tertiary/aromatic N) is 3. The Labute approximate surface area is 363 Å². The topological polar surface area (TPSA) is 209 Å². The summed E-state index contributed by atoms with van der Waals surface area (Å²) < 4.78 is 24.0. The zero-order chi connectivity index (χ0) is 45.7. The average molecular weight is 861 g/mol. The van der Waals surface area contributed by atoms with Gasteiger partial charge in [0.25, 0.3) is 11.7 Å². The van der Waals surface area contributed by atoms with Crippen LogP contribution in [0.3, 0.4) is 0 Å². The summed E-state index contributed by atoms with van der Waals surface area (Å²) in [5.74, 6) is -6.49. The predicted molar refractivity (Wildman–Crippen MR) is 232 cm³/mol. The molecule has 338 valence electrons. The highest BCUT2D eigenvalue weighted by Crippen LogP contribution is 2.50. The van der Waals surface area contributed by atoms with Gasteiger partial charge in [-0.05, 0) is 32.8 Å². The molecule has 4 aliphatic rings. The standard InChI is InChI=1S/C47H64N4O11/c1-22(2)29(9)51-19-17-47(18-20-51)49-35-32-33-40(55)28(8)43-34(32)44(57)46(11,62-43)60-21-16-31(59-12)25(5)42(61-30(10)52)27(7)39(54)26(6)38(53)23(3)14-13-15-24(4)45(58)48-37(41(33)56)36(35)50-47/h13-16,21-23,25-27,29,31,38-39,42,53-56H,17-20H2,1-12H3,(H,48,58)/b14-13+,21-16+,24-15-/t23-,25+,26+,27+,29?,31-,38-,39+,42+,46-/m0/s1. The first-order valence-electron chi connectivity index (χ1n) is 21.7. The van der Waals surface area contributed by atoms with Crippen LogP contribution in [0.5, 0.6) is 17.2 Å². The molecule has 1 spiro atoms. The summed E-state index contributed by atoms with van der Waals surface area (Å²) in [6.45, 7) is 20.8. The van der Waals surface area contributed by atoms with E-state index in [1.807, 2.05) is 0 Å². The highest BCUT2D eigenvalue weighted by molar-refractivity contribution is 6.19. The van der Waals surface area contributed by atoms with Gasteiger partial charge in [0.05, 0.1) is 40.9 Å². The Kier molecular flexibility index (Phi) is 13.4. The Morgan fingerprint density at radius 3 is 2.19 bits per heavy atom. The first-order valence-corrected chi connectivity index (χ1v) is 21.7. The molecule has 15 heteroatoms. The number of nitrogens with one attached hydrogen (secondary N) is 1. The number of anilines is 1. The molecule has 1 fully saturated rings. The summed E-state index contributed by atoms with van der Waals surface area (Å²) in [6.07, 6.45) is 5.01. The number of piperidine rings is 1. The molecule has 6 rings (SSSR count). The lowest BCUT2D eigenvalue weighted by Gasteiger charge is -2.40. The van der Waals surface area contributed by atoms with E-state index in [9.17, 15) is 34.8 Å². The molecule has 62 heavy (non-hydrogen) atoms. The molecule has 0 saturated carbocycles. The van der Waals surface area contributed by atoms with Crippen LogP contribution in [0.15, 0.2) is 46.1 Å². The molecule has 1 unspecified atom stereocenters. The third-order valence-electron chi connectivity index (χ3n) is 13.7. The number of phenols is 2. The minimum absolute atomic E-state index is 0.0352. The van der Waals surface area contributed by atoms with Crippen LogP contribution < -0.4 is 20.8 Å². The van der Waals surface area contributed by atoms with Crippen molar-refractivity contribution in [3.8, 4) is 17.2 Å². The summed E-state index contributed by atoms with van der Waals surface area (Å²) >= 11 is 0. The Morgan fingerprint density at radius 2 is 1.58 bits per heavy atom. The average Bonchev–Trinajstić information content (AvgIpc) is 3.73. The first kappa shape index (κ1) is 46.7. The molecule has 10 atom stereocenters. The van der Waals surface area contributed by atoms with Crippen LogP contribution in [0.25, 0.3) is 10.8 Å². The minimum atomic E-state index is -1.96. The molecule has 1 amide bonds. The molecule has 1 saturated heterocycles. The van der Waals surface area contributed by atoms with E-state index in [1.54, 1.807) is 65.8 Å². The number of esters is 1. The molecule has 5 N–H and O–H groups in total. The van der Waals surface area contributed by atoms with Gasteiger partial charge >= 0.3 is 11.8 Å². The van der Waals surface area contributed by atoms with Gasteiger partial charge in [-0.15, -0.1) is 0 Å². The maximum absolute atomic E-state index is 14.8. The second-order valence-electron chi connectivity index (χ2n) is 18.3. The van der Waals surface area contributed by atoms with E-state index in [2.05, 4.69) is 31.0 Å². The fourth-order valence-corrected chi connectivity index (χ4v) is 9.30. The van der Waals surface area contributed by atoms with Gasteiger partial charge in [0.1, 0.15) is 28.6 Å². The van der Waals surface area contributed by atoms with Crippen LogP contribution in [-0.4, -0.2) is 105 Å². The number of allylic oxidation sites excluding steroid dienone is 2. The summed E-state index contributed by atoms with van der Waals surface area (Å²) in [7, 11) is 1.47. The van der Waals surface area contributed by atoms with Crippen LogP contribution in [-0.2, 0) is 23.8 Å². The van der Waals surface area contributed by atoms with Crippen LogP contribution in [0.1, 0.15) is 98.0 Å². The summed E-state index contributed by atoms with van der Waals surface area (Å²) in [4.78, 5) is 53.8. The summed E-state index contributed by atoms with van der Waals surface area (Å²) in [5.41, 5.74) is -0.591. The number of fused-ring (bicyclic) bond motifs is 1. The molecule has 2 aromatic carbocycles. The number of aliphatic hydroxyl groups is 2. The largest absolute Gasteiger partial charge is 0.507 e. The van der Waals surface area contributed by atoms with Crippen LogP contribution in [0.2, 0.25) is 0 Å². The van der Waals surface area contributed by atoms with Gasteiger partial charge in [0, 0.05) is 93.1 Å². The second-order valence-corrected chi connectivity index (χ2v) is 18.3. The minimum Gasteiger partial charge on any atom is -0.507 e. The van der Waals surface area contributed by atoms with Crippen LogP contribution >= 0.6 is 0 Å². The summed E-state index contributed by atoms with van der Waals surface area (Å²) in [6, 6.07) is 0.319. The quantitative estimate of drug-likeness (QED) is 0.200. The molecule has 0 radical (unpaired) electrons. The Bertz CT molecular complexity index is 2330. The number of ether oxygens (including phenoxy) is 4. The zero-order valence-corrected chi connectivity index (χ0v) is 38.0. The van der Waals surface area contributed by atoms with Crippen molar-refractivity contribution in [2.75, 3.05) is 25.5 Å². The number of amides is 1. The molecular formula is C47H64N4O11. The van der Waals surface area contributed by atoms with Gasteiger partial charge in [-0.1, -0.05) is 59.8 Å². The van der Waals surface area contributed by atoms with E-state index in [4.69, 9.17) is 28.9 Å². The molecule has 4 aliphatic heterocycles. The number of methoxy groups -OCH3 is 1. The number of Topliss-reactive ketones (excluding diaryl/α,β-unsaturated/α-hetero) is 1. The van der Waals surface area contributed by atoms with Crippen LogP contribution in [0.4, 0.5) is 5.69 Å². The number of hydrogen-bond donors (Lipinski definition) is 5. The van der Waals surface area contributed by atoms with E-state index in [0.29, 0.717) is 37.9 Å². The molecule has 15 nitrogen and oxygen atoms in total. The maximum atomic E-state index is 14.8.